The highest BCUT2D eigenvalue weighted by Gasteiger charge is 2.30. The number of carbonyl (C=O) groups is 1. The van der Waals surface area contributed by atoms with Crippen molar-refractivity contribution in [1.29, 1.82) is 0 Å². The fourth-order valence-corrected chi connectivity index (χ4v) is 3.94. The van der Waals surface area contributed by atoms with Crippen LogP contribution in [0.1, 0.15) is 40.9 Å². The van der Waals surface area contributed by atoms with Gasteiger partial charge in [-0.2, -0.15) is 0 Å². The third-order valence-corrected chi connectivity index (χ3v) is 6.31. The number of halogens is 2. The molecule has 1 aromatic carbocycles. The molecule has 1 aromatic heterocycles. The van der Waals surface area contributed by atoms with E-state index in [1.165, 1.54) is 23.3 Å². The minimum atomic E-state index is -0.534. The van der Waals surface area contributed by atoms with Gasteiger partial charge in [0.2, 0.25) is 0 Å². The highest BCUT2D eigenvalue weighted by atomic mass is 35.5. The molecular weight excluding hydrogens is 449 g/mol. The first-order valence-electron chi connectivity index (χ1n) is 10.5. The lowest BCUT2D eigenvalue weighted by atomic mass is 10.1. The average Bonchev–Trinajstić information content (AvgIpc) is 3.31. The van der Waals surface area contributed by atoms with Crippen LogP contribution in [0.5, 0.6) is 5.75 Å². The zero-order chi connectivity index (χ0) is 23.9. The van der Waals surface area contributed by atoms with Crippen LogP contribution in [-0.2, 0) is 0 Å². The minimum absolute atomic E-state index is 0.0739. The Morgan fingerprint density at radius 3 is 2.67 bits per heavy atom. The molecule has 2 aromatic rings. The van der Waals surface area contributed by atoms with E-state index in [1.54, 1.807) is 13.8 Å². The number of hydrogen-bond acceptors (Lipinski definition) is 7. The highest BCUT2D eigenvalue weighted by molar-refractivity contribution is 6.31. The van der Waals surface area contributed by atoms with Crippen LogP contribution < -0.4 is 15.8 Å². The SMILES string of the molecule is Cc1nc(C2=C(N)CN(C(=O)c3ccc(F)cc3O/C=C3\CC(O)C(C)N3)C2)nc(C)c1Cl. The van der Waals surface area contributed by atoms with Gasteiger partial charge >= 0.3 is 0 Å². The van der Waals surface area contributed by atoms with E-state index in [0.717, 1.165) is 6.07 Å². The number of nitrogens with one attached hydrogen (secondary N) is 1. The lowest BCUT2D eigenvalue weighted by Crippen LogP contribution is -2.30. The Morgan fingerprint density at radius 1 is 1.33 bits per heavy atom. The summed E-state index contributed by atoms with van der Waals surface area (Å²) in [6, 6.07) is 3.62. The smallest absolute Gasteiger partial charge is 0.258 e. The average molecular weight is 474 g/mol. The van der Waals surface area contributed by atoms with E-state index in [-0.39, 0.29) is 36.4 Å². The number of nitrogens with zero attached hydrogens (tertiary/aromatic N) is 3. The van der Waals surface area contributed by atoms with E-state index in [1.807, 2.05) is 6.92 Å². The molecular formula is C23H25ClFN5O3. The number of aliphatic hydroxyl groups excluding tert-OH is 1. The van der Waals surface area contributed by atoms with Crippen molar-refractivity contribution < 1.29 is 19.0 Å². The molecule has 4 N–H and O–H groups in total. The Hall–Kier alpha value is -3.17. The quantitative estimate of drug-likeness (QED) is 0.585. The van der Waals surface area contributed by atoms with E-state index in [2.05, 4.69) is 15.3 Å². The Morgan fingerprint density at radius 2 is 2.03 bits per heavy atom. The van der Waals surface area contributed by atoms with Crippen molar-refractivity contribution in [2.45, 2.75) is 39.3 Å². The number of amides is 1. The molecule has 2 aliphatic rings. The van der Waals surface area contributed by atoms with Gasteiger partial charge in [0, 0.05) is 35.5 Å². The number of aryl methyl sites for hydroxylation is 2. The summed E-state index contributed by atoms with van der Waals surface area (Å²) in [6.07, 6.45) is 1.25. The van der Waals surface area contributed by atoms with E-state index in [4.69, 9.17) is 22.1 Å². The highest BCUT2D eigenvalue weighted by Crippen LogP contribution is 2.29. The molecule has 0 saturated carbocycles. The summed E-state index contributed by atoms with van der Waals surface area (Å²) in [5.41, 5.74) is 9.47. The van der Waals surface area contributed by atoms with Crippen molar-refractivity contribution in [1.82, 2.24) is 20.2 Å². The van der Waals surface area contributed by atoms with Gasteiger partial charge in [0.25, 0.3) is 5.91 Å². The molecule has 33 heavy (non-hydrogen) atoms. The Balaban J connectivity index is 1.55. The van der Waals surface area contributed by atoms with Crippen molar-refractivity contribution in [3.63, 3.8) is 0 Å². The molecule has 2 aliphatic heterocycles. The van der Waals surface area contributed by atoms with Gasteiger partial charge in [-0.05, 0) is 32.9 Å². The second kappa shape index (κ2) is 8.99. The molecule has 2 atom stereocenters. The van der Waals surface area contributed by atoms with E-state index in [9.17, 15) is 14.3 Å². The Bertz CT molecular complexity index is 1150. The number of nitrogens with two attached hydrogens (primary N) is 1. The summed E-state index contributed by atoms with van der Waals surface area (Å²) in [7, 11) is 0. The van der Waals surface area contributed by atoms with Crippen LogP contribution in [0.25, 0.3) is 5.57 Å². The lowest BCUT2D eigenvalue weighted by Gasteiger charge is -2.18. The molecule has 0 spiro atoms. The number of aromatic nitrogens is 2. The summed E-state index contributed by atoms with van der Waals surface area (Å²) in [6.45, 7) is 5.80. The Kier molecular flexibility index (Phi) is 6.27. The summed E-state index contributed by atoms with van der Waals surface area (Å²) >= 11 is 6.17. The van der Waals surface area contributed by atoms with Crippen LogP contribution in [0, 0.1) is 19.7 Å². The van der Waals surface area contributed by atoms with E-state index < -0.39 is 11.9 Å². The molecule has 8 nitrogen and oxygen atoms in total. The zero-order valence-electron chi connectivity index (χ0n) is 18.5. The molecule has 0 bridgehead atoms. The van der Waals surface area contributed by atoms with Gasteiger partial charge in [-0.1, -0.05) is 11.6 Å². The summed E-state index contributed by atoms with van der Waals surface area (Å²) in [4.78, 5) is 23.7. The van der Waals surface area contributed by atoms with Crippen molar-refractivity contribution in [2.75, 3.05) is 13.1 Å². The maximum Gasteiger partial charge on any atom is 0.258 e. The van der Waals surface area contributed by atoms with Gasteiger partial charge in [0.05, 0.1) is 41.2 Å². The van der Waals surface area contributed by atoms with Gasteiger partial charge in [-0.15, -0.1) is 0 Å². The van der Waals surface area contributed by atoms with Crippen LogP contribution in [0.4, 0.5) is 4.39 Å². The normalized spacial score (nSPS) is 21.6. The summed E-state index contributed by atoms with van der Waals surface area (Å²) in [5.74, 6) is -0.392. The van der Waals surface area contributed by atoms with Crippen LogP contribution >= 0.6 is 11.6 Å². The molecule has 1 fully saturated rings. The second-order valence-corrected chi connectivity index (χ2v) is 8.68. The van der Waals surface area contributed by atoms with Crippen molar-refractivity contribution in [3.05, 3.63) is 69.5 Å². The van der Waals surface area contributed by atoms with E-state index >= 15 is 0 Å². The fourth-order valence-electron chi connectivity index (χ4n) is 3.85. The fraction of sp³-hybridized carbons (Fsp3) is 0.348. The molecule has 3 heterocycles. The largest absolute Gasteiger partial charge is 0.462 e. The molecule has 0 radical (unpaired) electrons. The third kappa shape index (κ3) is 4.65. The first kappa shape index (κ1) is 23.0. The van der Waals surface area contributed by atoms with Crippen LogP contribution in [0.3, 0.4) is 0 Å². The molecule has 0 aliphatic carbocycles. The van der Waals surface area contributed by atoms with Gasteiger partial charge in [0.15, 0.2) is 5.82 Å². The van der Waals surface area contributed by atoms with Crippen molar-refractivity contribution in [2.24, 2.45) is 5.73 Å². The number of carbonyl (C=O) groups excluding carboxylic acids is 1. The van der Waals surface area contributed by atoms with Gasteiger partial charge in [-0.3, -0.25) is 4.79 Å². The van der Waals surface area contributed by atoms with E-state index in [0.29, 0.717) is 45.6 Å². The number of rotatable bonds is 4. The molecule has 2 unspecified atom stereocenters. The molecule has 10 heteroatoms. The molecule has 174 valence electrons. The van der Waals surface area contributed by atoms with Crippen LogP contribution in [-0.4, -0.2) is 51.1 Å². The number of aliphatic hydroxyl groups is 1. The summed E-state index contributed by atoms with van der Waals surface area (Å²) in [5, 5.41) is 13.5. The lowest BCUT2D eigenvalue weighted by molar-refractivity contribution is 0.0796. The maximum atomic E-state index is 13.9. The molecule has 1 amide bonds. The molecule has 4 rings (SSSR count). The van der Waals surface area contributed by atoms with Crippen molar-refractivity contribution in [3.8, 4) is 5.75 Å². The standard InChI is InChI=1S/C23H25ClFN5O3/c1-11-19(31)7-15(27-11)10-33-20-6-14(25)4-5-16(20)23(32)30-8-17(18(26)9-30)22-28-12(2)21(24)13(3)29-22/h4-6,10-11,19,27,31H,7-9,26H2,1-3H3/b15-10+. The van der Waals surface area contributed by atoms with Crippen molar-refractivity contribution >= 4 is 23.1 Å². The predicted molar refractivity (Wildman–Crippen MR) is 122 cm³/mol. The maximum absolute atomic E-state index is 13.9. The van der Waals surface area contributed by atoms with Gasteiger partial charge in [-0.25, -0.2) is 14.4 Å². The summed E-state index contributed by atoms with van der Waals surface area (Å²) < 4.78 is 19.6. The van der Waals surface area contributed by atoms with Crippen LogP contribution in [0.2, 0.25) is 5.02 Å². The minimum Gasteiger partial charge on any atom is -0.462 e. The zero-order valence-corrected chi connectivity index (χ0v) is 19.3. The predicted octanol–water partition coefficient (Wildman–Crippen LogP) is 2.67. The Labute approximate surface area is 195 Å². The second-order valence-electron chi connectivity index (χ2n) is 8.30. The number of benzene rings is 1. The van der Waals surface area contributed by atoms with Gasteiger partial charge in [0.1, 0.15) is 17.8 Å². The number of hydrogen-bond donors (Lipinski definition) is 3. The third-order valence-electron chi connectivity index (χ3n) is 5.76. The van der Waals surface area contributed by atoms with Crippen LogP contribution in [0.15, 0.2) is 35.9 Å². The van der Waals surface area contributed by atoms with Gasteiger partial charge < -0.3 is 25.8 Å². The first-order chi connectivity index (χ1) is 15.6. The first-order valence-corrected chi connectivity index (χ1v) is 10.9. The molecule has 1 saturated heterocycles. The number of ether oxygens (including phenoxy) is 1. The topological polar surface area (TPSA) is 114 Å². The monoisotopic (exact) mass is 473 g/mol.